The molecule has 2 amide bonds. The molecule has 0 N–H and O–H groups in total. The molecular weight excluding hydrogens is 330 g/mol. The molecule has 0 fully saturated rings. The number of imide groups is 1. The van der Waals surface area contributed by atoms with Crippen molar-refractivity contribution in [3.05, 3.63) is 65.2 Å². The highest BCUT2D eigenvalue weighted by Gasteiger charge is 2.41. The number of hydrogen-bond donors (Lipinski definition) is 0. The van der Waals surface area contributed by atoms with Gasteiger partial charge in [0, 0.05) is 0 Å². The molecule has 0 radical (unpaired) electrons. The molecule has 134 valence electrons. The fourth-order valence-electron chi connectivity index (χ4n) is 2.89. The molecule has 1 atom stereocenters. The first kappa shape index (κ1) is 17.9. The van der Waals surface area contributed by atoms with Crippen molar-refractivity contribution < 1.29 is 19.1 Å². The van der Waals surface area contributed by atoms with E-state index < -0.39 is 23.8 Å². The Labute approximate surface area is 152 Å². The highest BCUT2D eigenvalue weighted by Crippen LogP contribution is 2.26. The number of ether oxygens (including phenoxy) is 1. The van der Waals surface area contributed by atoms with Crippen LogP contribution < -0.4 is 4.74 Å². The van der Waals surface area contributed by atoms with E-state index >= 15 is 0 Å². The highest BCUT2D eigenvalue weighted by molar-refractivity contribution is 6.22. The van der Waals surface area contributed by atoms with Gasteiger partial charge in [0.15, 0.2) is 0 Å². The molecular formula is C21H21NO4. The minimum atomic E-state index is -1.01. The van der Waals surface area contributed by atoms with E-state index in [-0.39, 0.29) is 5.41 Å². The Morgan fingerprint density at radius 3 is 1.88 bits per heavy atom. The van der Waals surface area contributed by atoms with Crippen LogP contribution in [-0.4, -0.2) is 28.7 Å². The molecule has 2 aromatic rings. The van der Waals surface area contributed by atoms with Crippen LogP contribution in [0.5, 0.6) is 5.75 Å². The zero-order valence-corrected chi connectivity index (χ0v) is 15.3. The average molecular weight is 351 g/mol. The lowest BCUT2D eigenvalue weighted by Gasteiger charge is -2.21. The molecule has 1 heterocycles. The van der Waals surface area contributed by atoms with Gasteiger partial charge in [-0.15, -0.1) is 0 Å². The van der Waals surface area contributed by atoms with E-state index in [0.717, 1.165) is 10.5 Å². The maximum Gasteiger partial charge on any atom is 0.334 e. The number of amides is 2. The van der Waals surface area contributed by atoms with Crippen LogP contribution in [0.25, 0.3) is 0 Å². The summed E-state index contributed by atoms with van der Waals surface area (Å²) in [6, 6.07) is 12.8. The van der Waals surface area contributed by atoms with Crippen molar-refractivity contribution in [2.75, 3.05) is 0 Å². The van der Waals surface area contributed by atoms with Crippen LogP contribution in [0.3, 0.4) is 0 Å². The van der Waals surface area contributed by atoms with Crippen molar-refractivity contribution in [2.24, 2.45) is 0 Å². The molecule has 0 saturated carbocycles. The third-order valence-electron chi connectivity index (χ3n) is 4.49. The second kappa shape index (κ2) is 6.41. The number of hydrogen-bond acceptors (Lipinski definition) is 4. The Hall–Kier alpha value is -2.95. The van der Waals surface area contributed by atoms with Crippen LogP contribution in [0.4, 0.5) is 0 Å². The van der Waals surface area contributed by atoms with Crippen molar-refractivity contribution in [1.29, 1.82) is 0 Å². The van der Waals surface area contributed by atoms with Crippen LogP contribution in [0.2, 0.25) is 0 Å². The van der Waals surface area contributed by atoms with E-state index in [9.17, 15) is 14.4 Å². The quantitative estimate of drug-likeness (QED) is 0.482. The standard InChI is InChI=1S/C21H21NO4/c1-13(22-18(23)16-7-5-6-8-17(16)19(22)24)20(25)26-15-11-9-14(10-12-15)21(2,3)4/h5-13H,1-4H3. The van der Waals surface area contributed by atoms with Crippen LogP contribution in [-0.2, 0) is 10.2 Å². The predicted octanol–water partition coefficient (Wildman–Crippen LogP) is 3.57. The smallest absolute Gasteiger partial charge is 0.334 e. The van der Waals surface area contributed by atoms with Crippen LogP contribution in [0, 0.1) is 0 Å². The first-order valence-electron chi connectivity index (χ1n) is 8.49. The molecule has 0 aromatic heterocycles. The van der Waals surface area contributed by atoms with Crippen molar-refractivity contribution in [3.8, 4) is 5.75 Å². The van der Waals surface area contributed by atoms with Crippen LogP contribution in [0.15, 0.2) is 48.5 Å². The van der Waals surface area contributed by atoms with Crippen LogP contribution in [0.1, 0.15) is 54.0 Å². The number of rotatable bonds is 3. The molecule has 26 heavy (non-hydrogen) atoms. The maximum absolute atomic E-state index is 12.5. The Morgan fingerprint density at radius 1 is 0.923 bits per heavy atom. The van der Waals surface area contributed by atoms with Crippen LogP contribution >= 0.6 is 0 Å². The SMILES string of the molecule is CC(C(=O)Oc1ccc(C(C)(C)C)cc1)N1C(=O)c2ccccc2C1=O. The lowest BCUT2D eigenvalue weighted by Crippen LogP contribution is -2.44. The van der Waals surface area contributed by atoms with Gasteiger partial charge in [-0.2, -0.15) is 0 Å². The van der Waals surface area contributed by atoms with Crippen molar-refractivity contribution in [1.82, 2.24) is 4.90 Å². The fourth-order valence-corrected chi connectivity index (χ4v) is 2.89. The summed E-state index contributed by atoms with van der Waals surface area (Å²) >= 11 is 0. The molecule has 1 aliphatic rings. The summed E-state index contributed by atoms with van der Waals surface area (Å²) in [5.74, 6) is -1.22. The first-order valence-corrected chi connectivity index (χ1v) is 8.49. The lowest BCUT2D eigenvalue weighted by molar-refractivity contribution is -0.138. The van der Waals surface area contributed by atoms with Gasteiger partial charge in [0.2, 0.25) is 0 Å². The lowest BCUT2D eigenvalue weighted by atomic mass is 9.87. The Balaban J connectivity index is 1.75. The van der Waals surface area contributed by atoms with E-state index in [1.165, 1.54) is 6.92 Å². The molecule has 1 aliphatic heterocycles. The number of carbonyl (C=O) groups is 3. The van der Waals surface area contributed by atoms with Crippen molar-refractivity contribution in [3.63, 3.8) is 0 Å². The number of carbonyl (C=O) groups excluding carboxylic acids is 3. The second-order valence-corrected chi connectivity index (χ2v) is 7.40. The Kier molecular flexibility index (Phi) is 4.40. The summed E-state index contributed by atoms with van der Waals surface area (Å²) in [4.78, 5) is 38.3. The van der Waals surface area contributed by atoms with Gasteiger partial charge in [-0.3, -0.25) is 14.5 Å². The number of nitrogens with zero attached hydrogens (tertiary/aromatic N) is 1. The predicted molar refractivity (Wildman–Crippen MR) is 97.2 cm³/mol. The monoisotopic (exact) mass is 351 g/mol. The third-order valence-corrected chi connectivity index (χ3v) is 4.49. The van der Waals surface area contributed by atoms with Gasteiger partial charge in [0.25, 0.3) is 11.8 Å². The summed E-state index contributed by atoms with van der Waals surface area (Å²) in [5, 5.41) is 0. The molecule has 1 unspecified atom stereocenters. The zero-order valence-electron chi connectivity index (χ0n) is 15.3. The van der Waals surface area contributed by atoms with Crippen molar-refractivity contribution >= 4 is 17.8 Å². The van der Waals surface area contributed by atoms with E-state index in [0.29, 0.717) is 16.9 Å². The Morgan fingerprint density at radius 2 is 1.42 bits per heavy atom. The number of esters is 1. The minimum Gasteiger partial charge on any atom is -0.425 e. The summed E-state index contributed by atoms with van der Waals surface area (Å²) in [6.07, 6.45) is 0. The Bertz CT molecular complexity index is 843. The first-order chi connectivity index (χ1) is 12.2. The third kappa shape index (κ3) is 3.12. The van der Waals surface area contributed by atoms with Gasteiger partial charge in [0.1, 0.15) is 11.8 Å². The normalized spacial score (nSPS) is 15.0. The summed E-state index contributed by atoms with van der Waals surface area (Å²) < 4.78 is 5.37. The maximum atomic E-state index is 12.5. The topological polar surface area (TPSA) is 63.7 Å². The molecule has 0 aliphatic carbocycles. The minimum absolute atomic E-state index is 0.00397. The summed E-state index contributed by atoms with van der Waals surface area (Å²) in [6.45, 7) is 7.78. The van der Waals surface area contributed by atoms with E-state index in [2.05, 4.69) is 20.8 Å². The number of fused-ring (bicyclic) bond motifs is 1. The zero-order chi connectivity index (χ0) is 19.1. The summed E-state index contributed by atoms with van der Waals surface area (Å²) in [5.41, 5.74) is 1.74. The van der Waals surface area contributed by atoms with Gasteiger partial charge in [-0.25, -0.2) is 4.79 Å². The van der Waals surface area contributed by atoms with Gasteiger partial charge >= 0.3 is 5.97 Å². The van der Waals surface area contributed by atoms with E-state index in [1.807, 2.05) is 12.1 Å². The number of benzene rings is 2. The van der Waals surface area contributed by atoms with Gasteiger partial charge in [-0.1, -0.05) is 45.0 Å². The van der Waals surface area contributed by atoms with Crippen molar-refractivity contribution in [2.45, 2.75) is 39.2 Å². The van der Waals surface area contributed by atoms with Gasteiger partial charge in [0.05, 0.1) is 11.1 Å². The summed E-state index contributed by atoms with van der Waals surface area (Å²) in [7, 11) is 0. The van der Waals surface area contributed by atoms with E-state index in [1.54, 1.807) is 36.4 Å². The average Bonchev–Trinajstić information content (AvgIpc) is 2.85. The largest absolute Gasteiger partial charge is 0.425 e. The molecule has 2 aromatic carbocycles. The van der Waals surface area contributed by atoms with E-state index in [4.69, 9.17) is 4.74 Å². The molecule has 5 heteroatoms. The van der Waals surface area contributed by atoms with Gasteiger partial charge in [-0.05, 0) is 42.2 Å². The second-order valence-electron chi connectivity index (χ2n) is 7.40. The molecule has 3 rings (SSSR count). The fraction of sp³-hybridized carbons (Fsp3) is 0.286. The highest BCUT2D eigenvalue weighted by atomic mass is 16.5. The molecule has 0 saturated heterocycles. The van der Waals surface area contributed by atoms with Gasteiger partial charge < -0.3 is 4.74 Å². The molecule has 5 nitrogen and oxygen atoms in total. The molecule has 0 bridgehead atoms. The molecule has 0 spiro atoms.